The van der Waals surface area contributed by atoms with Gasteiger partial charge in [0.05, 0.1) is 23.0 Å². The van der Waals surface area contributed by atoms with E-state index in [1.165, 1.54) is 6.20 Å². The minimum Gasteiger partial charge on any atom is -0.710 e. The van der Waals surface area contributed by atoms with Crippen LogP contribution in [0.4, 0.5) is 0 Å². The maximum atomic E-state index is 12.2. The highest BCUT2D eigenvalue weighted by molar-refractivity contribution is 5.79. The molecule has 5 aromatic rings. The van der Waals surface area contributed by atoms with E-state index in [-0.39, 0.29) is 5.41 Å². The molecule has 0 unspecified atom stereocenters. The van der Waals surface area contributed by atoms with Crippen molar-refractivity contribution >= 4 is 22.1 Å². The van der Waals surface area contributed by atoms with Gasteiger partial charge in [-0.2, -0.15) is 0 Å². The van der Waals surface area contributed by atoms with Gasteiger partial charge in [0.25, 0.3) is 0 Å². The lowest BCUT2D eigenvalue weighted by Crippen LogP contribution is -2.27. The zero-order valence-electron chi connectivity index (χ0n) is 17.6. The van der Waals surface area contributed by atoms with Gasteiger partial charge >= 0.3 is 5.65 Å². The summed E-state index contributed by atoms with van der Waals surface area (Å²) in [6, 6.07) is 19.3. The van der Waals surface area contributed by atoms with Crippen LogP contribution in [0.25, 0.3) is 44.8 Å². The van der Waals surface area contributed by atoms with Crippen molar-refractivity contribution in [2.24, 2.45) is 0 Å². The Labute approximate surface area is 179 Å². The van der Waals surface area contributed by atoms with Crippen LogP contribution < -0.4 is 4.73 Å². The highest BCUT2D eigenvalue weighted by atomic mass is 16.5. The van der Waals surface area contributed by atoms with Crippen molar-refractivity contribution in [1.82, 2.24) is 19.9 Å². The molecule has 0 saturated carbocycles. The first-order chi connectivity index (χ1) is 14.9. The van der Waals surface area contributed by atoms with E-state index in [0.29, 0.717) is 22.7 Å². The summed E-state index contributed by atoms with van der Waals surface area (Å²) in [5.41, 5.74) is 4.92. The third kappa shape index (κ3) is 3.57. The van der Waals surface area contributed by atoms with E-state index in [2.05, 4.69) is 36.8 Å². The van der Waals surface area contributed by atoms with Gasteiger partial charge in [-0.1, -0.05) is 20.8 Å². The zero-order valence-corrected chi connectivity index (χ0v) is 17.6. The minimum atomic E-state index is -0.100. The van der Waals surface area contributed by atoms with Crippen molar-refractivity contribution in [1.29, 1.82) is 0 Å². The van der Waals surface area contributed by atoms with Gasteiger partial charge in [0, 0.05) is 11.6 Å². The molecule has 0 radical (unpaired) electrons. The first kappa shape index (κ1) is 19.1. The van der Waals surface area contributed by atoms with Gasteiger partial charge in [-0.15, -0.1) is 0 Å². The lowest BCUT2D eigenvalue weighted by molar-refractivity contribution is -0.579. The third-order valence-corrected chi connectivity index (χ3v) is 5.29. The Bertz CT molecular complexity index is 1440. The van der Waals surface area contributed by atoms with Crippen LogP contribution in [0.2, 0.25) is 0 Å². The Hall–Kier alpha value is -3.93. The fourth-order valence-corrected chi connectivity index (χ4v) is 3.53. The van der Waals surface area contributed by atoms with E-state index in [1.54, 1.807) is 12.3 Å². The molecular formula is C25H21N5O. The van der Waals surface area contributed by atoms with Crippen LogP contribution in [0.5, 0.6) is 0 Å². The van der Waals surface area contributed by atoms with E-state index in [9.17, 15) is 5.21 Å². The highest BCUT2D eigenvalue weighted by Crippen LogP contribution is 2.30. The zero-order chi connectivity index (χ0) is 21.6. The van der Waals surface area contributed by atoms with Gasteiger partial charge < -0.3 is 5.21 Å². The van der Waals surface area contributed by atoms with Gasteiger partial charge in [0.15, 0.2) is 5.65 Å². The quantitative estimate of drug-likeness (QED) is 0.309. The molecule has 0 aliphatic carbocycles. The Morgan fingerprint density at radius 1 is 0.742 bits per heavy atom. The Morgan fingerprint density at radius 2 is 1.42 bits per heavy atom. The average Bonchev–Trinajstić information content (AvgIpc) is 2.78. The molecule has 31 heavy (non-hydrogen) atoms. The molecular weight excluding hydrogens is 386 g/mol. The number of rotatable bonds is 2. The standard InChI is InChI=1S/C25H21N5O/c1-25(2,3)18-14-21(19-10-8-16-6-4-12-26-23(16)28-19)27-22(15-18)20-11-9-17-7-5-13-30(31)24(17)29-20/h4-15H,1-3H3. The normalized spacial score (nSPS) is 11.8. The van der Waals surface area contributed by atoms with Crippen molar-refractivity contribution < 1.29 is 4.73 Å². The molecule has 0 fully saturated rings. The van der Waals surface area contributed by atoms with Crippen LogP contribution in [-0.2, 0) is 5.41 Å². The fourth-order valence-electron chi connectivity index (χ4n) is 3.53. The Balaban J connectivity index is 1.71. The molecule has 0 bridgehead atoms. The summed E-state index contributed by atoms with van der Waals surface area (Å²) in [4.78, 5) is 18.6. The van der Waals surface area contributed by atoms with E-state index in [0.717, 1.165) is 32.5 Å². The molecule has 5 aromatic heterocycles. The lowest BCUT2D eigenvalue weighted by atomic mass is 9.86. The second-order valence-electron chi connectivity index (χ2n) is 8.57. The molecule has 0 aromatic carbocycles. The van der Waals surface area contributed by atoms with Crippen LogP contribution in [0.1, 0.15) is 26.3 Å². The Kier molecular flexibility index (Phi) is 4.36. The van der Waals surface area contributed by atoms with Crippen LogP contribution in [-0.4, -0.2) is 19.9 Å². The molecule has 6 nitrogen and oxygen atoms in total. The van der Waals surface area contributed by atoms with E-state index < -0.39 is 0 Å². The topological polar surface area (TPSA) is 78.5 Å². The molecule has 0 N–H and O–H groups in total. The molecule has 0 spiro atoms. The second-order valence-corrected chi connectivity index (χ2v) is 8.57. The summed E-state index contributed by atoms with van der Waals surface area (Å²) in [5.74, 6) is 0. The monoisotopic (exact) mass is 407 g/mol. The molecule has 0 aliphatic rings. The summed E-state index contributed by atoms with van der Waals surface area (Å²) in [6.45, 7) is 6.47. The number of pyridine rings is 5. The first-order valence-corrected chi connectivity index (χ1v) is 10.1. The highest BCUT2D eigenvalue weighted by Gasteiger charge is 2.20. The third-order valence-electron chi connectivity index (χ3n) is 5.29. The second kappa shape index (κ2) is 7.09. The van der Waals surface area contributed by atoms with Gasteiger partial charge in [-0.3, -0.25) is 0 Å². The van der Waals surface area contributed by atoms with Gasteiger partial charge in [-0.05, 0) is 76.6 Å². The molecule has 5 heterocycles. The summed E-state index contributed by atoms with van der Waals surface area (Å²) < 4.78 is 0.782. The number of hydrogen-bond acceptors (Lipinski definition) is 5. The fraction of sp³-hybridized carbons (Fsp3) is 0.160. The largest absolute Gasteiger partial charge is 0.710 e. The van der Waals surface area contributed by atoms with Crippen molar-refractivity contribution in [3.05, 3.63) is 83.8 Å². The van der Waals surface area contributed by atoms with E-state index in [1.807, 2.05) is 48.5 Å². The Morgan fingerprint density at radius 3 is 2.16 bits per heavy atom. The van der Waals surface area contributed by atoms with Crippen molar-refractivity contribution in [3.8, 4) is 22.8 Å². The average molecular weight is 407 g/mol. The predicted molar refractivity (Wildman–Crippen MR) is 121 cm³/mol. The molecule has 0 amide bonds. The smallest absolute Gasteiger partial charge is 0.333 e. The molecule has 152 valence electrons. The van der Waals surface area contributed by atoms with Crippen molar-refractivity contribution in [2.45, 2.75) is 26.2 Å². The maximum Gasteiger partial charge on any atom is 0.333 e. The summed E-state index contributed by atoms with van der Waals surface area (Å²) in [6.07, 6.45) is 3.19. The number of aromatic nitrogens is 5. The van der Waals surface area contributed by atoms with Crippen LogP contribution in [0, 0.1) is 5.21 Å². The summed E-state index contributed by atoms with van der Waals surface area (Å²) in [7, 11) is 0. The van der Waals surface area contributed by atoms with Crippen LogP contribution in [0.15, 0.2) is 73.1 Å². The number of fused-ring (bicyclic) bond motifs is 2. The molecule has 0 aliphatic heterocycles. The number of hydrogen-bond donors (Lipinski definition) is 0. The summed E-state index contributed by atoms with van der Waals surface area (Å²) in [5, 5.41) is 14.0. The number of nitrogens with zero attached hydrogens (tertiary/aromatic N) is 5. The summed E-state index contributed by atoms with van der Waals surface area (Å²) >= 11 is 0. The predicted octanol–water partition coefficient (Wildman–Crippen LogP) is 4.84. The van der Waals surface area contributed by atoms with Gasteiger partial charge in [0.2, 0.25) is 5.69 Å². The molecule has 6 heteroatoms. The van der Waals surface area contributed by atoms with E-state index >= 15 is 0 Å². The van der Waals surface area contributed by atoms with Crippen molar-refractivity contribution in [2.75, 3.05) is 0 Å². The first-order valence-electron chi connectivity index (χ1n) is 10.1. The van der Waals surface area contributed by atoms with Gasteiger partial charge in [-0.25, -0.2) is 19.7 Å². The van der Waals surface area contributed by atoms with Crippen LogP contribution in [0.3, 0.4) is 0 Å². The SMILES string of the molecule is CC(C)(C)c1cc(-c2ccc3cccnc3n2)nc(-c2ccc3ccc[n+]([O-])c3n2)c1. The van der Waals surface area contributed by atoms with E-state index in [4.69, 9.17) is 9.97 Å². The maximum absolute atomic E-state index is 12.2. The van der Waals surface area contributed by atoms with Crippen LogP contribution >= 0.6 is 0 Å². The van der Waals surface area contributed by atoms with Crippen molar-refractivity contribution in [3.63, 3.8) is 0 Å². The molecule has 5 rings (SSSR count). The lowest BCUT2D eigenvalue weighted by Gasteiger charge is -2.20. The van der Waals surface area contributed by atoms with Gasteiger partial charge in [0.1, 0.15) is 5.69 Å². The molecule has 0 saturated heterocycles. The minimum absolute atomic E-state index is 0.100. The molecule has 0 atom stereocenters.